The van der Waals surface area contributed by atoms with Crippen LogP contribution in [0.1, 0.15) is 48.4 Å². The molecule has 0 spiro atoms. The van der Waals surface area contributed by atoms with Crippen molar-refractivity contribution in [3.05, 3.63) is 15.6 Å². The molecule has 108 valence electrons. The van der Waals surface area contributed by atoms with Crippen molar-refractivity contribution in [3.8, 4) is 0 Å². The van der Waals surface area contributed by atoms with E-state index in [1.807, 2.05) is 0 Å². The van der Waals surface area contributed by atoms with Crippen molar-refractivity contribution in [2.24, 2.45) is 5.73 Å². The Labute approximate surface area is 120 Å². The summed E-state index contributed by atoms with van der Waals surface area (Å²) in [6.45, 7) is 8.97. The van der Waals surface area contributed by atoms with Gasteiger partial charge in [0.15, 0.2) is 0 Å². The van der Waals surface area contributed by atoms with Crippen LogP contribution in [0.4, 0.5) is 0 Å². The molecule has 2 heterocycles. The van der Waals surface area contributed by atoms with Crippen molar-refractivity contribution < 1.29 is 4.74 Å². The standard InChI is InChI=1S/C14H25N3OS/c1-3-5-11-13(9-15)19-14(16-11)12-10-17(6-4-2)7-8-18-12/h12H,3-10,15H2,1-2H3. The average molecular weight is 283 g/mol. The molecule has 2 N–H and O–H groups in total. The number of aromatic nitrogens is 1. The van der Waals surface area contributed by atoms with Crippen LogP contribution < -0.4 is 5.73 Å². The summed E-state index contributed by atoms with van der Waals surface area (Å²) in [7, 11) is 0. The van der Waals surface area contributed by atoms with E-state index in [1.54, 1.807) is 11.3 Å². The molecule has 1 fully saturated rings. The fourth-order valence-corrected chi connectivity index (χ4v) is 3.54. The average Bonchev–Trinajstić information content (AvgIpc) is 2.83. The van der Waals surface area contributed by atoms with Crippen LogP contribution >= 0.6 is 11.3 Å². The summed E-state index contributed by atoms with van der Waals surface area (Å²) in [6, 6.07) is 0. The molecule has 0 radical (unpaired) electrons. The van der Waals surface area contributed by atoms with E-state index >= 15 is 0 Å². The number of thiazole rings is 1. The molecule has 0 saturated carbocycles. The van der Waals surface area contributed by atoms with Crippen LogP contribution in [0.2, 0.25) is 0 Å². The van der Waals surface area contributed by atoms with Crippen LogP contribution in [0.25, 0.3) is 0 Å². The van der Waals surface area contributed by atoms with Crippen LogP contribution in [0, 0.1) is 0 Å². The Balaban J connectivity index is 2.07. The Morgan fingerprint density at radius 3 is 2.95 bits per heavy atom. The third-order valence-corrected chi connectivity index (χ3v) is 4.64. The first-order valence-electron chi connectivity index (χ1n) is 7.31. The van der Waals surface area contributed by atoms with E-state index in [2.05, 4.69) is 18.7 Å². The summed E-state index contributed by atoms with van der Waals surface area (Å²) in [5.74, 6) is 0. The fourth-order valence-electron chi connectivity index (χ4n) is 2.50. The van der Waals surface area contributed by atoms with Gasteiger partial charge in [0.05, 0.1) is 12.3 Å². The Kier molecular flexibility index (Phi) is 5.76. The molecule has 1 saturated heterocycles. The number of nitrogens with zero attached hydrogens (tertiary/aromatic N) is 2. The summed E-state index contributed by atoms with van der Waals surface area (Å²) in [5, 5.41) is 1.12. The second-order valence-corrected chi connectivity index (χ2v) is 6.15. The Morgan fingerprint density at radius 1 is 1.42 bits per heavy atom. The number of nitrogens with two attached hydrogens (primary N) is 1. The molecule has 2 rings (SSSR count). The zero-order chi connectivity index (χ0) is 13.7. The van der Waals surface area contributed by atoms with Crippen molar-refractivity contribution in [3.63, 3.8) is 0 Å². The number of ether oxygens (including phenoxy) is 1. The first-order chi connectivity index (χ1) is 9.28. The lowest BCUT2D eigenvalue weighted by molar-refractivity contribution is -0.0299. The maximum absolute atomic E-state index is 5.90. The molecule has 19 heavy (non-hydrogen) atoms. The lowest BCUT2D eigenvalue weighted by Gasteiger charge is -2.31. The normalized spacial score (nSPS) is 20.9. The fraction of sp³-hybridized carbons (Fsp3) is 0.786. The minimum Gasteiger partial charge on any atom is -0.368 e. The monoisotopic (exact) mass is 283 g/mol. The summed E-state index contributed by atoms with van der Waals surface area (Å²) in [4.78, 5) is 8.47. The van der Waals surface area contributed by atoms with E-state index in [1.165, 1.54) is 17.0 Å². The van der Waals surface area contributed by atoms with Crippen LogP contribution in [0.5, 0.6) is 0 Å². The number of hydrogen-bond donors (Lipinski definition) is 1. The molecule has 1 aliphatic heterocycles. The van der Waals surface area contributed by atoms with Crippen molar-refractivity contribution in [1.82, 2.24) is 9.88 Å². The van der Waals surface area contributed by atoms with Crippen molar-refractivity contribution >= 4 is 11.3 Å². The van der Waals surface area contributed by atoms with Gasteiger partial charge in [-0.25, -0.2) is 4.98 Å². The second kappa shape index (κ2) is 7.33. The van der Waals surface area contributed by atoms with Gasteiger partial charge in [0, 0.05) is 24.5 Å². The third kappa shape index (κ3) is 3.75. The lowest BCUT2D eigenvalue weighted by atomic mass is 10.2. The first-order valence-corrected chi connectivity index (χ1v) is 8.12. The van der Waals surface area contributed by atoms with Gasteiger partial charge in [-0.3, -0.25) is 4.90 Å². The predicted molar refractivity (Wildman–Crippen MR) is 79.4 cm³/mol. The van der Waals surface area contributed by atoms with E-state index in [0.29, 0.717) is 6.54 Å². The van der Waals surface area contributed by atoms with Crippen LogP contribution in [0.3, 0.4) is 0 Å². The number of rotatable bonds is 6. The highest BCUT2D eigenvalue weighted by atomic mass is 32.1. The maximum Gasteiger partial charge on any atom is 0.123 e. The third-order valence-electron chi connectivity index (χ3n) is 3.43. The van der Waals surface area contributed by atoms with Crippen LogP contribution in [-0.2, 0) is 17.7 Å². The van der Waals surface area contributed by atoms with Crippen molar-refractivity contribution in [2.45, 2.75) is 45.8 Å². The van der Waals surface area contributed by atoms with Gasteiger partial charge in [-0.05, 0) is 19.4 Å². The Morgan fingerprint density at radius 2 is 2.26 bits per heavy atom. The quantitative estimate of drug-likeness (QED) is 0.870. The first kappa shape index (κ1) is 14.9. The SMILES string of the molecule is CCCc1nc(C2CN(CCC)CCO2)sc1CN. The van der Waals surface area contributed by atoms with E-state index in [0.717, 1.165) is 44.1 Å². The van der Waals surface area contributed by atoms with Crippen LogP contribution in [0.15, 0.2) is 0 Å². The van der Waals surface area contributed by atoms with Gasteiger partial charge in [0.2, 0.25) is 0 Å². The minimum atomic E-state index is 0.140. The maximum atomic E-state index is 5.90. The molecular weight excluding hydrogens is 258 g/mol. The van der Waals surface area contributed by atoms with Crippen LogP contribution in [-0.4, -0.2) is 36.1 Å². The zero-order valence-electron chi connectivity index (χ0n) is 12.0. The Bertz CT molecular complexity index is 392. The molecule has 0 aliphatic carbocycles. The molecule has 1 unspecified atom stereocenters. The highest BCUT2D eigenvalue weighted by molar-refractivity contribution is 7.11. The molecule has 5 heteroatoms. The summed E-state index contributed by atoms with van der Waals surface area (Å²) in [6.07, 6.45) is 3.47. The molecule has 0 amide bonds. The van der Waals surface area contributed by atoms with E-state index in [4.69, 9.17) is 15.5 Å². The minimum absolute atomic E-state index is 0.140. The Hall–Kier alpha value is -0.490. The summed E-state index contributed by atoms with van der Waals surface area (Å²) >= 11 is 1.74. The largest absolute Gasteiger partial charge is 0.368 e. The van der Waals surface area contributed by atoms with E-state index in [9.17, 15) is 0 Å². The van der Waals surface area contributed by atoms with Gasteiger partial charge in [-0.2, -0.15) is 0 Å². The predicted octanol–water partition coefficient (Wildman–Crippen LogP) is 2.34. The molecular formula is C14H25N3OS. The molecule has 0 aromatic carbocycles. The topological polar surface area (TPSA) is 51.4 Å². The summed E-state index contributed by atoms with van der Waals surface area (Å²) < 4.78 is 5.90. The molecule has 1 aromatic heterocycles. The van der Waals surface area contributed by atoms with E-state index in [-0.39, 0.29) is 6.10 Å². The van der Waals surface area contributed by atoms with Gasteiger partial charge in [-0.1, -0.05) is 20.3 Å². The smallest absolute Gasteiger partial charge is 0.123 e. The van der Waals surface area contributed by atoms with Gasteiger partial charge in [0.25, 0.3) is 0 Å². The number of aryl methyl sites for hydroxylation is 1. The second-order valence-electron chi connectivity index (χ2n) is 5.04. The molecule has 4 nitrogen and oxygen atoms in total. The lowest BCUT2D eigenvalue weighted by Crippen LogP contribution is -2.38. The van der Waals surface area contributed by atoms with Gasteiger partial charge in [0.1, 0.15) is 11.1 Å². The van der Waals surface area contributed by atoms with Gasteiger partial charge < -0.3 is 10.5 Å². The van der Waals surface area contributed by atoms with E-state index < -0.39 is 0 Å². The van der Waals surface area contributed by atoms with Crippen molar-refractivity contribution in [2.75, 3.05) is 26.2 Å². The molecule has 1 atom stereocenters. The number of morpholine rings is 1. The summed E-state index contributed by atoms with van der Waals surface area (Å²) in [5.41, 5.74) is 7.00. The molecule has 1 aliphatic rings. The molecule has 1 aromatic rings. The number of hydrogen-bond acceptors (Lipinski definition) is 5. The highest BCUT2D eigenvalue weighted by Crippen LogP contribution is 2.29. The van der Waals surface area contributed by atoms with Gasteiger partial charge in [-0.15, -0.1) is 11.3 Å². The highest BCUT2D eigenvalue weighted by Gasteiger charge is 2.25. The molecule has 0 bridgehead atoms. The van der Waals surface area contributed by atoms with Crippen molar-refractivity contribution in [1.29, 1.82) is 0 Å². The zero-order valence-corrected chi connectivity index (χ0v) is 12.8. The van der Waals surface area contributed by atoms with Gasteiger partial charge >= 0.3 is 0 Å².